The fourth-order valence-electron chi connectivity index (χ4n) is 5.18. The molecule has 1 N–H and O–H groups in total. The van der Waals surface area contributed by atoms with Crippen LogP contribution in [0.25, 0.3) is 0 Å². The molecule has 38 heavy (non-hydrogen) atoms. The molecular weight excluding hydrogens is 521 g/mol. The zero-order valence-electron chi connectivity index (χ0n) is 22.5. The van der Waals surface area contributed by atoms with Gasteiger partial charge >= 0.3 is 0 Å². The van der Waals surface area contributed by atoms with E-state index in [1.165, 1.54) is 5.56 Å². The second kappa shape index (κ2) is 11.3. The fraction of sp³-hybridized carbons (Fsp3) is 0.367. The first-order valence-corrected chi connectivity index (χ1v) is 12.5. The Balaban J connectivity index is 0.00000200. The molecule has 0 radical (unpaired) electrons. The molecule has 6 nitrogen and oxygen atoms in total. The molecule has 0 saturated carbocycles. The van der Waals surface area contributed by atoms with E-state index in [1.54, 1.807) is 19.5 Å². The number of ether oxygens (including phenoxy) is 2. The lowest BCUT2D eigenvalue weighted by Crippen LogP contribution is -2.31. The van der Waals surface area contributed by atoms with Crippen LogP contribution in [0.2, 0.25) is 0 Å². The molecule has 1 amide bonds. The van der Waals surface area contributed by atoms with Gasteiger partial charge in [0.25, 0.3) is 5.91 Å². The average Bonchev–Trinajstić information content (AvgIpc) is 3.17. The van der Waals surface area contributed by atoms with E-state index in [2.05, 4.69) is 44.1 Å². The lowest BCUT2D eigenvalue weighted by Gasteiger charge is -2.31. The summed E-state index contributed by atoms with van der Waals surface area (Å²) in [7, 11) is 1.69. The highest BCUT2D eigenvalue weighted by Gasteiger charge is 2.39. The van der Waals surface area contributed by atoms with E-state index in [9.17, 15) is 4.79 Å². The summed E-state index contributed by atoms with van der Waals surface area (Å²) in [4.78, 5) is 21.9. The third-order valence-electron chi connectivity index (χ3n) is 6.77. The number of carbonyl (C=O) groups excluding carboxylic acids is 1. The van der Waals surface area contributed by atoms with Gasteiger partial charge in [0.2, 0.25) is 0 Å². The van der Waals surface area contributed by atoms with Gasteiger partial charge in [-0.25, -0.2) is 0 Å². The van der Waals surface area contributed by atoms with Crippen molar-refractivity contribution in [2.45, 2.75) is 58.1 Å². The molecule has 0 spiro atoms. The lowest BCUT2D eigenvalue weighted by atomic mass is 9.81. The summed E-state index contributed by atoms with van der Waals surface area (Å²) in [6.45, 7) is 9.08. The van der Waals surface area contributed by atoms with Crippen LogP contribution in [0.4, 0.5) is 0 Å². The van der Waals surface area contributed by atoms with Crippen molar-refractivity contribution in [3.8, 4) is 11.5 Å². The summed E-state index contributed by atoms with van der Waals surface area (Å²) < 4.78 is 12.0. The van der Waals surface area contributed by atoms with Crippen molar-refractivity contribution < 1.29 is 14.3 Å². The van der Waals surface area contributed by atoms with E-state index in [1.807, 2.05) is 36.4 Å². The van der Waals surface area contributed by atoms with Gasteiger partial charge in [0, 0.05) is 47.6 Å². The maximum absolute atomic E-state index is 12.7. The van der Waals surface area contributed by atoms with Crippen LogP contribution < -0.4 is 14.8 Å². The Kier molecular flexibility index (Phi) is 8.79. The van der Waals surface area contributed by atoms with Crippen LogP contribution in [0.15, 0.2) is 59.9 Å². The molecule has 202 valence electrons. The number of amides is 1. The van der Waals surface area contributed by atoms with Gasteiger partial charge in [0.1, 0.15) is 5.60 Å². The van der Waals surface area contributed by atoms with E-state index >= 15 is 0 Å². The third-order valence-corrected chi connectivity index (χ3v) is 6.77. The zero-order chi connectivity index (χ0) is 25.5. The number of fused-ring (bicyclic) bond motifs is 3. The number of halogens is 2. The smallest absolute Gasteiger partial charge is 0.251 e. The van der Waals surface area contributed by atoms with Gasteiger partial charge in [0.15, 0.2) is 11.5 Å². The summed E-state index contributed by atoms with van der Waals surface area (Å²) in [5, 5.41) is 3.01. The number of aromatic nitrogens is 1. The van der Waals surface area contributed by atoms with Crippen LogP contribution >= 0.6 is 24.8 Å². The number of nitrogens with one attached hydrogen (secondary N) is 1. The zero-order valence-corrected chi connectivity index (χ0v) is 24.1. The normalized spacial score (nSPS) is 16.0. The molecule has 2 aromatic carbocycles. The summed E-state index contributed by atoms with van der Waals surface area (Å²) in [5.74, 6) is 1.52. The van der Waals surface area contributed by atoms with Crippen LogP contribution in [0, 0.1) is 0 Å². The molecule has 0 saturated heterocycles. The molecular formula is C30H35Cl2N3O3. The van der Waals surface area contributed by atoms with Gasteiger partial charge in [-0.3, -0.25) is 14.8 Å². The number of hydrogen-bond acceptors (Lipinski definition) is 5. The topological polar surface area (TPSA) is 72.8 Å². The molecule has 0 fully saturated rings. The minimum absolute atomic E-state index is 0. The van der Waals surface area contributed by atoms with Crippen molar-refractivity contribution in [3.63, 3.8) is 0 Å². The Hall–Kier alpha value is -3.09. The minimum atomic E-state index is -0.305. The lowest BCUT2D eigenvalue weighted by molar-refractivity contribution is 0.0954. The predicted molar refractivity (Wildman–Crippen MR) is 156 cm³/mol. The number of pyridine rings is 1. The van der Waals surface area contributed by atoms with E-state index in [0.29, 0.717) is 12.1 Å². The van der Waals surface area contributed by atoms with E-state index in [4.69, 9.17) is 14.5 Å². The van der Waals surface area contributed by atoms with Crippen LogP contribution in [0.3, 0.4) is 0 Å². The van der Waals surface area contributed by atoms with Gasteiger partial charge in [-0.15, -0.1) is 24.8 Å². The standard InChI is InChI=1S/C30H33N3O3.2ClH/c1-29(2)17-22-16-24(35-5)27-23(18-30(3,4)36-27)25(22)26(33-29)20-6-8-21(9-7-20)28(34)32-15-12-19-10-13-31-14-11-19;;/h6-11,13-14,16H,12,15,17-18H2,1-5H3,(H,32,34);2*1H. The third kappa shape index (κ3) is 5.97. The molecule has 8 heteroatoms. The van der Waals surface area contributed by atoms with Crippen LogP contribution in [-0.2, 0) is 19.3 Å². The van der Waals surface area contributed by atoms with Crippen LogP contribution in [0.1, 0.15) is 65.9 Å². The molecule has 3 aromatic rings. The first-order valence-electron chi connectivity index (χ1n) is 12.5. The molecule has 5 rings (SSSR count). The predicted octanol–water partition coefficient (Wildman–Crippen LogP) is 5.79. The Morgan fingerprint density at radius 2 is 1.71 bits per heavy atom. The van der Waals surface area contributed by atoms with Crippen molar-refractivity contribution in [3.05, 3.63) is 88.2 Å². The number of carbonyl (C=O) groups is 1. The number of nitrogens with zero attached hydrogens (tertiary/aromatic N) is 2. The van der Waals surface area contributed by atoms with E-state index in [0.717, 1.165) is 58.7 Å². The highest BCUT2D eigenvalue weighted by Crippen LogP contribution is 2.47. The Morgan fingerprint density at radius 1 is 1.03 bits per heavy atom. The minimum Gasteiger partial charge on any atom is -0.493 e. The maximum Gasteiger partial charge on any atom is 0.251 e. The summed E-state index contributed by atoms with van der Waals surface area (Å²) in [5.41, 5.74) is 6.69. The number of benzene rings is 2. The highest BCUT2D eigenvalue weighted by atomic mass is 35.5. The van der Waals surface area contributed by atoms with Crippen molar-refractivity contribution in [2.24, 2.45) is 4.99 Å². The second-order valence-corrected chi connectivity index (χ2v) is 10.8. The SMILES string of the molecule is COc1cc2c(c3c1OC(C)(C)C3)C(c1ccc(C(=O)NCCc3ccncc3)cc1)=NC(C)(C)C2.Cl.Cl. The van der Waals surface area contributed by atoms with Crippen molar-refractivity contribution in [1.82, 2.24) is 10.3 Å². The Bertz CT molecular complexity index is 1340. The van der Waals surface area contributed by atoms with Gasteiger partial charge in [-0.05, 0) is 82.0 Å². The fourth-order valence-corrected chi connectivity index (χ4v) is 5.18. The maximum atomic E-state index is 12.7. The quantitative estimate of drug-likeness (QED) is 0.417. The number of aliphatic imine (C=N–C) groups is 1. The van der Waals surface area contributed by atoms with Crippen LogP contribution in [0.5, 0.6) is 11.5 Å². The van der Waals surface area contributed by atoms with Crippen molar-refractivity contribution in [1.29, 1.82) is 0 Å². The van der Waals surface area contributed by atoms with Crippen LogP contribution in [-0.4, -0.2) is 41.4 Å². The molecule has 0 aliphatic carbocycles. The number of methoxy groups -OCH3 is 1. The Labute approximate surface area is 237 Å². The molecule has 2 aliphatic heterocycles. The summed E-state index contributed by atoms with van der Waals surface area (Å²) >= 11 is 0. The summed E-state index contributed by atoms with van der Waals surface area (Å²) in [6, 6.07) is 13.8. The second-order valence-electron chi connectivity index (χ2n) is 10.8. The monoisotopic (exact) mass is 555 g/mol. The van der Waals surface area contributed by atoms with Gasteiger partial charge in [-0.2, -0.15) is 0 Å². The van der Waals surface area contributed by atoms with E-state index in [-0.39, 0.29) is 41.9 Å². The van der Waals surface area contributed by atoms with Crippen molar-refractivity contribution in [2.75, 3.05) is 13.7 Å². The number of rotatable bonds is 6. The highest BCUT2D eigenvalue weighted by molar-refractivity contribution is 6.16. The van der Waals surface area contributed by atoms with Gasteiger partial charge in [0.05, 0.1) is 18.4 Å². The van der Waals surface area contributed by atoms with Gasteiger partial charge < -0.3 is 14.8 Å². The largest absolute Gasteiger partial charge is 0.493 e. The first-order chi connectivity index (χ1) is 17.2. The van der Waals surface area contributed by atoms with Gasteiger partial charge in [-0.1, -0.05) is 12.1 Å². The Morgan fingerprint density at radius 3 is 2.37 bits per heavy atom. The van der Waals surface area contributed by atoms with E-state index < -0.39 is 0 Å². The molecule has 0 unspecified atom stereocenters. The molecule has 1 aromatic heterocycles. The molecule has 3 heterocycles. The average molecular weight is 557 g/mol. The summed E-state index contributed by atoms with van der Waals surface area (Å²) in [6.07, 6.45) is 5.92. The molecule has 0 atom stereocenters. The first kappa shape index (κ1) is 29.5. The molecule has 0 bridgehead atoms. The van der Waals surface area contributed by atoms with Crippen molar-refractivity contribution >= 4 is 36.4 Å². The number of hydrogen-bond donors (Lipinski definition) is 1. The molecule has 2 aliphatic rings.